The smallest absolute Gasteiger partial charge is 0.261 e. The van der Waals surface area contributed by atoms with E-state index >= 15 is 0 Å². The summed E-state index contributed by atoms with van der Waals surface area (Å²) in [5, 5.41) is 13.4. The Morgan fingerprint density at radius 2 is 2.14 bits per heavy atom. The van der Waals surface area contributed by atoms with Crippen LogP contribution in [0.25, 0.3) is 0 Å². The number of aliphatic hydroxyl groups is 1. The summed E-state index contributed by atoms with van der Waals surface area (Å²) in [7, 11) is 0. The van der Waals surface area contributed by atoms with Crippen molar-refractivity contribution in [1.82, 2.24) is 5.32 Å². The summed E-state index contributed by atoms with van der Waals surface area (Å²) in [5.74, 6) is 0.183. The second kappa shape index (κ2) is 6.03. The van der Waals surface area contributed by atoms with Crippen molar-refractivity contribution in [2.24, 2.45) is 5.41 Å². The molecule has 0 aromatic heterocycles. The number of nitrogens with one attached hydrogen (secondary N) is 1. The van der Waals surface area contributed by atoms with E-state index in [1.807, 2.05) is 13.8 Å². The maximum atomic E-state index is 12.1. The van der Waals surface area contributed by atoms with Crippen LogP contribution in [0, 0.1) is 5.41 Å². The van der Waals surface area contributed by atoms with E-state index in [0.717, 1.165) is 0 Å². The topological polar surface area (TPSA) is 58.6 Å². The van der Waals surface area contributed by atoms with Crippen LogP contribution in [-0.2, 0) is 4.79 Å². The second-order valence-corrected chi connectivity index (χ2v) is 6.81. The minimum atomic E-state index is -0.683. The first-order valence-corrected chi connectivity index (χ1v) is 7.57. The number of benzene rings is 1. The van der Waals surface area contributed by atoms with Gasteiger partial charge in [-0.3, -0.25) is 4.79 Å². The molecule has 0 heterocycles. The molecule has 2 rings (SSSR count). The molecule has 0 bridgehead atoms. The molecule has 0 saturated heterocycles. The molecule has 1 amide bonds. The van der Waals surface area contributed by atoms with Crippen LogP contribution in [0.3, 0.4) is 0 Å². The molecule has 1 aromatic carbocycles. The molecule has 1 aromatic rings. The van der Waals surface area contributed by atoms with Crippen molar-refractivity contribution in [3.8, 4) is 5.75 Å². The average molecular weight is 332 g/mol. The lowest BCUT2D eigenvalue weighted by molar-refractivity contribution is -0.135. The Morgan fingerprint density at radius 3 is 2.67 bits per heavy atom. The minimum Gasteiger partial charge on any atom is -0.479 e. The first-order valence-electron chi connectivity index (χ1n) is 6.82. The lowest BCUT2D eigenvalue weighted by atomic mass is 9.64. The Bertz CT molecular complexity index is 548. The SMILES string of the molecule is CC(Oc1ccc(Cl)cc1Cl)C(=O)NC1CC(O)C1(C)C. The van der Waals surface area contributed by atoms with Crippen molar-refractivity contribution in [1.29, 1.82) is 0 Å². The molecule has 2 N–H and O–H groups in total. The van der Waals surface area contributed by atoms with Gasteiger partial charge < -0.3 is 15.2 Å². The Kier molecular flexibility index (Phi) is 4.71. The Balaban J connectivity index is 1.94. The highest BCUT2D eigenvalue weighted by atomic mass is 35.5. The highest BCUT2D eigenvalue weighted by Gasteiger charge is 2.48. The van der Waals surface area contributed by atoms with Gasteiger partial charge in [-0.2, -0.15) is 0 Å². The predicted octanol–water partition coefficient (Wildman–Crippen LogP) is 3.04. The van der Waals surface area contributed by atoms with Crippen LogP contribution >= 0.6 is 23.2 Å². The van der Waals surface area contributed by atoms with Crippen LogP contribution in [0.15, 0.2) is 18.2 Å². The van der Waals surface area contributed by atoms with Crippen molar-refractivity contribution in [2.45, 2.75) is 45.4 Å². The fourth-order valence-corrected chi connectivity index (χ4v) is 2.70. The summed E-state index contributed by atoms with van der Waals surface area (Å²) in [6.45, 7) is 5.50. The van der Waals surface area contributed by atoms with Gasteiger partial charge in [-0.05, 0) is 31.5 Å². The van der Waals surface area contributed by atoms with Gasteiger partial charge in [0.1, 0.15) is 5.75 Å². The van der Waals surface area contributed by atoms with Crippen LogP contribution in [0.4, 0.5) is 0 Å². The van der Waals surface area contributed by atoms with Gasteiger partial charge in [0.2, 0.25) is 0 Å². The number of amides is 1. The molecule has 1 fully saturated rings. The molecule has 3 atom stereocenters. The summed E-state index contributed by atoms with van der Waals surface area (Å²) >= 11 is 11.8. The van der Waals surface area contributed by atoms with Crippen molar-refractivity contribution < 1.29 is 14.6 Å². The number of ether oxygens (including phenoxy) is 1. The Labute approximate surface area is 134 Å². The minimum absolute atomic E-state index is 0.0493. The molecule has 1 aliphatic carbocycles. The molecule has 6 heteroatoms. The van der Waals surface area contributed by atoms with Crippen molar-refractivity contribution >= 4 is 29.1 Å². The summed E-state index contributed by atoms with van der Waals surface area (Å²) in [5.41, 5.74) is -0.312. The van der Waals surface area contributed by atoms with Gasteiger partial charge >= 0.3 is 0 Å². The number of rotatable bonds is 4. The molecule has 0 aliphatic heterocycles. The molecular weight excluding hydrogens is 313 g/mol. The molecule has 0 spiro atoms. The number of aliphatic hydroxyl groups excluding tert-OH is 1. The van der Waals surface area contributed by atoms with Crippen molar-refractivity contribution in [2.75, 3.05) is 0 Å². The zero-order valence-corrected chi connectivity index (χ0v) is 13.7. The van der Waals surface area contributed by atoms with Gasteiger partial charge in [-0.1, -0.05) is 37.0 Å². The van der Waals surface area contributed by atoms with E-state index in [9.17, 15) is 9.90 Å². The molecule has 3 unspecified atom stereocenters. The number of hydrogen-bond donors (Lipinski definition) is 2. The fourth-order valence-electron chi connectivity index (χ4n) is 2.25. The van der Waals surface area contributed by atoms with Gasteiger partial charge in [0.15, 0.2) is 6.10 Å². The van der Waals surface area contributed by atoms with E-state index in [-0.39, 0.29) is 23.5 Å². The van der Waals surface area contributed by atoms with Crippen LogP contribution < -0.4 is 10.1 Å². The lowest BCUT2D eigenvalue weighted by Gasteiger charge is -2.49. The second-order valence-electron chi connectivity index (χ2n) is 5.97. The number of hydrogen-bond acceptors (Lipinski definition) is 3. The molecular formula is C15H19Cl2NO3. The predicted molar refractivity (Wildman–Crippen MR) is 82.9 cm³/mol. The van der Waals surface area contributed by atoms with E-state index in [2.05, 4.69) is 5.32 Å². The third kappa shape index (κ3) is 3.44. The van der Waals surface area contributed by atoms with Crippen molar-refractivity contribution in [3.63, 3.8) is 0 Å². The molecule has 116 valence electrons. The van der Waals surface area contributed by atoms with Gasteiger partial charge in [0.05, 0.1) is 11.1 Å². The zero-order chi connectivity index (χ0) is 15.8. The molecule has 1 aliphatic rings. The van der Waals surface area contributed by atoms with E-state index in [0.29, 0.717) is 22.2 Å². The first kappa shape index (κ1) is 16.4. The van der Waals surface area contributed by atoms with E-state index in [4.69, 9.17) is 27.9 Å². The maximum absolute atomic E-state index is 12.1. The lowest BCUT2D eigenvalue weighted by Crippen LogP contribution is -2.62. The van der Waals surface area contributed by atoms with E-state index < -0.39 is 6.10 Å². The van der Waals surface area contributed by atoms with Gasteiger partial charge in [0.25, 0.3) is 5.91 Å². The number of carbonyl (C=O) groups excluding carboxylic acids is 1. The van der Waals surface area contributed by atoms with Crippen LogP contribution in [0.5, 0.6) is 5.75 Å². The normalized spacial score (nSPS) is 24.9. The summed E-state index contributed by atoms with van der Waals surface area (Å²) in [6, 6.07) is 4.80. The fraction of sp³-hybridized carbons (Fsp3) is 0.533. The van der Waals surface area contributed by atoms with Gasteiger partial charge in [0, 0.05) is 16.5 Å². The summed E-state index contributed by atoms with van der Waals surface area (Å²) in [6.07, 6.45) is -0.505. The summed E-state index contributed by atoms with van der Waals surface area (Å²) in [4.78, 5) is 12.1. The molecule has 1 saturated carbocycles. The first-order chi connectivity index (χ1) is 9.71. The van der Waals surface area contributed by atoms with Crippen LogP contribution in [0.2, 0.25) is 10.0 Å². The Hall–Kier alpha value is -0.970. The third-order valence-corrected chi connectivity index (χ3v) is 4.63. The largest absolute Gasteiger partial charge is 0.479 e. The van der Waals surface area contributed by atoms with E-state index in [1.54, 1.807) is 25.1 Å². The molecule has 4 nitrogen and oxygen atoms in total. The zero-order valence-electron chi connectivity index (χ0n) is 12.2. The third-order valence-electron chi connectivity index (χ3n) is 4.10. The monoisotopic (exact) mass is 331 g/mol. The highest BCUT2D eigenvalue weighted by Crippen LogP contribution is 2.40. The number of halogens is 2. The van der Waals surface area contributed by atoms with E-state index in [1.165, 1.54) is 0 Å². The standard InChI is InChI=1S/C15H19Cl2NO3/c1-8(21-11-5-4-9(16)6-10(11)17)14(20)18-12-7-13(19)15(12,2)3/h4-6,8,12-13,19H,7H2,1-3H3,(H,18,20). The van der Waals surface area contributed by atoms with Crippen LogP contribution in [0.1, 0.15) is 27.2 Å². The Morgan fingerprint density at radius 1 is 1.48 bits per heavy atom. The summed E-state index contributed by atoms with van der Waals surface area (Å²) < 4.78 is 5.56. The molecule has 21 heavy (non-hydrogen) atoms. The number of carbonyl (C=O) groups is 1. The molecule has 0 radical (unpaired) electrons. The van der Waals surface area contributed by atoms with Crippen molar-refractivity contribution in [3.05, 3.63) is 28.2 Å². The van der Waals surface area contributed by atoms with Gasteiger partial charge in [-0.15, -0.1) is 0 Å². The van der Waals surface area contributed by atoms with Crippen LogP contribution in [-0.4, -0.2) is 29.3 Å². The highest BCUT2D eigenvalue weighted by molar-refractivity contribution is 6.35. The maximum Gasteiger partial charge on any atom is 0.261 e. The van der Waals surface area contributed by atoms with Gasteiger partial charge in [-0.25, -0.2) is 0 Å². The average Bonchev–Trinajstić information content (AvgIpc) is 2.41. The quantitative estimate of drug-likeness (QED) is 0.891.